The van der Waals surface area contributed by atoms with Gasteiger partial charge in [0.05, 0.1) is 19.8 Å². The Morgan fingerprint density at radius 1 is 0.919 bits per heavy atom. The fourth-order valence-corrected chi connectivity index (χ4v) is 3.85. The molecule has 0 unspecified atom stereocenters. The summed E-state index contributed by atoms with van der Waals surface area (Å²) in [4.78, 5) is 17.4. The van der Waals surface area contributed by atoms with Gasteiger partial charge in [0, 0.05) is 17.7 Å². The van der Waals surface area contributed by atoms with Crippen molar-refractivity contribution in [2.75, 3.05) is 19.8 Å². The first kappa shape index (κ1) is 26.0. The smallest absolute Gasteiger partial charge is 0.257 e. The molecule has 0 saturated carbocycles. The van der Waals surface area contributed by atoms with Crippen molar-refractivity contribution in [3.8, 4) is 28.7 Å². The van der Waals surface area contributed by atoms with Crippen LogP contribution in [0.2, 0.25) is 0 Å². The summed E-state index contributed by atoms with van der Waals surface area (Å²) in [7, 11) is 0. The fraction of sp³-hybridized carbons (Fsp3) is 0.250. The van der Waals surface area contributed by atoms with Crippen LogP contribution in [0.3, 0.4) is 0 Å². The highest BCUT2D eigenvalue weighted by Crippen LogP contribution is 2.39. The van der Waals surface area contributed by atoms with E-state index in [1.54, 1.807) is 12.1 Å². The molecule has 2 N–H and O–H groups in total. The molecule has 0 fully saturated rings. The average Bonchev–Trinajstić information content (AvgIpc) is 3.34. The van der Waals surface area contributed by atoms with Gasteiger partial charge in [0.15, 0.2) is 22.2 Å². The molecule has 0 aliphatic carbocycles. The van der Waals surface area contributed by atoms with Crippen LogP contribution in [-0.4, -0.2) is 35.8 Å². The zero-order valence-corrected chi connectivity index (χ0v) is 21.8. The third kappa shape index (κ3) is 6.37. The summed E-state index contributed by atoms with van der Waals surface area (Å²) in [5.41, 5.74) is 3.77. The molecule has 0 spiro atoms. The zero-order valence-electron chi connectivity index (χ0n) is 21.0. The van der Waals surface area contributed by atoms with Gasteiger partial charge in [0.1, 0.15) is 5.52 Å². The third-order valence-electron chi connectivity index (χ3n) is 5.35. The number of oxazole rings is 1. The van der Waals surface area contributed by atoms with E-state index in [1.165, 1.54) is 0 Å². The minimum atomic E-state index is -0.381. The third-order valence-corrected chi connectivity index (χ3v) is 5.59. The second kappa shape index (κ2) is 12.2. The molecular formula is C28H29N3O5S. The van der Waals surface area contributed by atoms with Gasteiger partial charge < -0.3 is 23.9 Å². The molecule has 0 bridgehead atoms. The van der Waals surface area contributed by atoms with Gasteiger partial charge in [-0.3, -0.25) is 10.1 Å². The average molecular weight is 520 g/mol. The first-order valence-corrected chi connectivity index (χ1v) is 12.5. The molecular weight excluding hydrogens is 490 g/mol. The number of benzene rings is 3. The highest BCUT2D eigenvalue weighted by Gasteiger charge is 2.19. The standard InChI is InChI=1S/C28H29N3O5S/c1-4-33-23-15-20(16-24(34-5-2)25(23)35-6-3)26(32)31-28(37)29-17-18-11-13-19(14-12-18)27-30-21-9-7-8-10-22(21)36-27/h7-16H,4-6,17H2,1-3H3,(H2,29,31,32,37). The second-order valence-electron chi connectivity index (χ2n) is 7.92. The number of carbonyl (C=O) groups is 1. The molecule has 1 aromatic heterocycles. The Bertz CT molecular complexity index is 1320. The second-order valence-corrected chi connectivity index (χ2v) is 8.33. The number of rotatable bonds is 10. The quantitative estimate of drug-likeness (QED) is 0.266. The molecule has 3 aromatic carbocycles. The van der Waals surface area contributed by atoms with Crippen molar-refractivity contribution in [2.24, 2.45) is 0 Å². The van der Waals surface area contributed by atoms with E-state index < -0.39 is 0 Å². The Morgan fingerprint density at radius 3 is 2.19 bits per heavy atom. The minimum absolute atomic E-state index is 0.206. The van der Waals surface area contributed by atoms with Crippen molar-refractivity contribution in [3.63, 3.8) is 0 Å². The maximum atomic E-state index is 12.9. The largest absolute Gasteiger partial charge is 0.490 e. The predicted molar refractivity (Wildman–Crippen MR) is 146 cm³/mol. The Hall–Kier alpha value is -4.11. The summed E-state index contributed by atoms with van der Waals surface area (Å²) in [6, 6.07) is 18.7. The zero-order chi connectivity index (χ0) is 26.2. The molecule has 1 amide bonds. The monoisotopic (exact) mass is 519 g/mol. The highest BCUT2D eigenvalue weighted by molar-refractivity contribution is 7.80. The number of para-hydroxylation sites is 2. The van der Waals surface area contributed by atoms with Crippen molar-refractivity contribution in [2.45, 2.75) is 27.3 Å². The molecule has 1 heterocycles. The lowest BCUT2D eigenvalue weighted by Crippen LogP contribution is -2.38. The minimum Gasteiger partial charge on any atom is -0.490 e. The van der Waals surface area contributed by atoms with E-state index in [-0.39, 0.29) is 11.0 Å². The Labute approximate surface area is 220 Å². The van der Waals surface area contributed by atoms with Gasteiger partial charge in [-0.1, -0.05) is 24.3 Å². The van der Waals surface area contributed by atoms with Crippen LogP contribution in [0.15, 0.2) is 65.1 Å². The van der Waals surface area contributed by atoms with Gasteiger partial charge in [-0.25, -0.2) is 4.98 Å². The van der Waals surface area contributed by atoms with Crippen LogP contribution in [0.4, 0.5) is 0 Å². The van der Waals surface area contributed by atoms with Gasteiger partial charge in [-0.15, -0.1) is 0 Å². The van der Waals surface area contributed by atoms with E-state index in [0.29, 0.717) is 55.1 Å². The van der Waals surface area contributed by atoms with Gasteiger partial charge in [-0.2, -0.15) is 0 Å². The van der Waals surface area contributed by atoms with Crippen molar-refractivity contribution < 1.29 is 23.4 Å². The van der Waals surface area contributed by atoms with Gasteiger partial charge in [0.2, 0.25) is 11.6 Å². The van der Waals surface area contributed by atoms with Crippen LogP contribution in [0.5, 0.6) is 17.2 Å². The number of hydrogen-bond acceptors (Lipinski definition) is 7. The molecule has 9 heteroatoms. The van der Waals surface area contributed by atoms with Crippen molar-refractivity contribution >= 4 is 34.3 Å². The Morgan fingerprint density at radius 2 is 1.57 bits per heavy atom. The van der Waals surface area contributed by atoms with Crippen LogP contribution in [0, 0.1) is 0 Å². The Kier molecular flexibility index (Phi) is 8.58. The number of nitrogens with one attached hydrogen (secondary N) is 2. The number of hydrogen-bond donors (Lipinski definition) is 2. The van der Waals surface area contributed by atoms with Crippen LogP contribution in [0.1, 0.15) is 36.7 Å². The van der Waals surface area contributed by atoms with E-state index in [9.17, 15) is 4.79 Å². The number of amides is 1. The molecule has 4 rings (SSSR count). The van der Waals surface area contributed by atoms with Crippen molar-refractivity contribution in [1.82, 2.24) is 15.6 Å². The molecule has 0 aliphatic heterocycles. The maximum absolute atomic E-state index is 12.9. The van der Waals surface area contributed by atoms with E-state index in [4.69, 9.17) is 30.8 Å². The molecule has 0 aliphatic rings. The van der Waals surface area contributed by atoms with Crippen LogP contribution in [0.25, 0.3) is 22.6 Å². The first-order chi connectivity index (χ1) is 18.0. The number of aromatic nitrogens is 1. The number of nitrogens with zero attached hydrogens (tertiary/aromatic N) is 1. The van der Waals surface area contributed by atoms with Crippen LogP contribution < -0.4 is 24.8 Å². The van der Waals surface area contributed by atoms with E-state index >= 15 is 0 Å². The van der Waals surface area contributed by atoms with E-state index in [0.717, 1.165) is 22.2 Å². The molecule has 0 radical (unpaired) electrons. The maximum Gasteiger partial charge on any atom is 0.257 e. The van der Waals surface area contributed by atoms with Crippen LogP contribution in [-0.2, 0) is 6.54 Å². The van der Waals surface area contributed by atoms with Crippen molar-refractivity contribution in [1.29, 1.82) is 0 Å². The molecule has 37 heavy (non-hydrogen) atoms. The summed E-state index contributed by atoms with van der Waals surface area (Å²) in [6.45, 7) is 7.31. The summed E-state index contributed by atoms with van der Waals surface area (Å²) in [6.07, 6.45) is 0. The molecule has 192 valence electrons. The number of thiocarbonyl (C=S) groups is 1. The van der Waals surface area contributed by atoms with E-state index in [2.05, 4.69) is 15.6 Å². The molecule has 8 nitrogen and oxygen atoms in total. The number of ether oxygens (including phenoxy) is 3. The molecule has 4 aromatic rings. The lowest BCUT2D eigenvalue weighted by Gasteiger charge is -2.17. The fourth-order valence-electron chi connectivity index (χ4n) is 3.68. The first-order valence-electron chi connectivity index (χ1n) is 12.1. The topological polar surface area (TPSA) is 94.9 Å². The summed E-state index contributed by atoms with van der Waals surface area (Å²) >= 11 is 5.35. The molecule has 0 atom stereocenters. The summed E-state index contributed by atoms with van der Waals surface area (Å²) in [5.74, 6) is 1.55. The van der Waals surface area contributed by atoms with E-state index in [1.807, 2.05) is 69.3 Å². The lowest BCUT2D eigenvalue weighted by atomic mass is 10.1. The number of fused-ring (bicyclic) bond motifs is 1. The number of carbonyl (C=O) groups excluding carboxylic acids is 1. The normalized spacial score (nSPS) is 10.7. The van der Waals surface area contributed by atoms with Gasteiger partial charge in [0.25, 0.3) is 5.91 Å². The molecule has 0 saturated heterocycles. The highest BCUT2D eigenvalue weighted by atomic mass is 32.1. The van der Waals surface area contributed by atoms with Crippen molar-refractivity contribution in [3.05, 3.63) is 71.8 Å². The van der Waals surface area contributed by atoms with Crippen LogP contribution >= 0.6 is 12.2 Å². The predicted octanol–water partition coefficient (Wildman–Crippen LogP) is 5.50. The summed E-state index contributed by atoms with van der Waals surface area (Å²) < 4.78 is 22.9. The van der Waals surface area contributed by atoms with Gasteiger partial charge >= 0.3 is 0 Å². The summed E-state index contributed by atoms with van der Waals surface area (Å²) in [5, 5.41) is 5.98. The lowest BCUT2D eigenvalue weighted by molar-refractivity contribution is 0.0975. The Balaban J connectivity index is 1.38. The van der Waals surface area contributed by atoms with Gasteiger partial charge in [-0.05, 0) is 75.0 Å². The SMILES string of the molecule is CCOc1cc(C(=O)NC(=S)NCc2ccc(-c3nc4ccccc4o3)cc2)cc(OCC)c1OCC.